The lowest BCUT2D eigenvalue weighted by Gasteiger charge is -2.26. The van der Waals surface area contributed by atoms with Crippen LogP contribution in [0.15, 0.2) is 18.5 Å². The number of aromatic nitrogens is 1. The van der Waals surface area contributed by atoms with Crippen molar-refractivity contribution in [1.82, 2.24) is 4.98 Å². The molecule has 3 rings (SSSR count). The van der Waals surface area contributed by atoms with Crippen molar-refractivity contribution in [3.05, 3.63) is 24.0 Å². The van der Waals surface area contributed by atoms with Crippen molar-refractivity contribution in [2.45, 2.75) is 25.3 Å². The second-order valence-corrected chi connectivity index (χ2v) is 5.69. The topological polar surface area (TPSA) is 105 Å². The average molecular weight is 275 g/mol. The van der Waals surface area contributed by atoms with Gasteiger partial charge < -0.3 is 16.2 Å². The molecule has 2 aliphatic carbocycles. The number of hydrogen-bond donors (Lipinski definition) is 3. The third-order valence-electron chi connectivity index (χ3n) is 4.54. The number of rotatable bonds is 3. The van der Waals surface area contributed by atoms with Gasteiger partial charge in [-0.25, -0.2) is 4.79 Å². The molecule has 4 atom stereocenters. The number of pyridine rings is 1. The van der Waals surface area contributed by atoms with Gasteiger partial charge in [-0.15, -0.1) is 0 Å². The summed E-state index contributed by atoms with van der Waals surface area (Å²) in [7, 11) is 0. The van der Waals surface area contributed by atoms with Crippen molar-refractivity contribution in [1.29, 1.82) is 0 Å². The van der Waals surface area contributed by atoms with Gasteiger partial charge in [-0.2, -0.15) is 0 Å². The van der Waals surface area contributed by atoms with E-state index in [1.54, 1.807) is 0 Å². The summed E-state index contributed by atoms with van der Waals surface area (Å²) < 4.78 is 0. The standard InChI is InChI=1S/C14H17N3O3/c15-12-8-2-1-7(3-8)11(12)13(18)17-10-4-9(14(19)20)5-16-6-10/h4-8,11-12H,1-3,15H2,(H,17,18)(H,19,20). The van der Waals surface area contributed by atoms with Crippen molar-refractivity contribution in [2.24, 2.45) is 23.5 Å². The lowest BCUT2D eigenvalue weighted by atomic mass is 9.84. The van der Waals surface area contributed by atoms with Crippen molar-refractivity contribution < 1.29 is 14.7 Å². The first-order valence-corrected chi connectivity index (χ1v) is 6.81. The fourth-order valence-electron chi connectivity index (χ4n) is 3.58. The smallest absolute Gasteiger partial charge is 0.337 e. The molecule has 106 valence electrons. The summed E-state index contributed by atoms with van der Waals surface area (Å²) in [5, 5.41) is 11.7. The number of amides is 1. The van der Waals surface area contributed by atoms with Gasteiger partial charge in [0.05, 0.1) is 23.4 Å². The van der Waals surface area contributed by atoms with Crippen molar-refractivity contribution in [2.75, 3.05) is 5.32 Å². The maximum atomic E-state index is 12.3. The van der Waals surface area contributed by atoms with Gasteiger partial charge in [0.15, 0.2) is 0 Å². The molecule has 1 aromatic heterocycles. The molecule has 0 spiro atoms. The summed E-state index contributed by atoms with van der Waals surface area (Å²) in [6.07, 6.45) is 5.91. The van der Waals surface area contributed by atoms with Gasteiger partial charge in [-0.3, -0.25) is 9.78 Å². The Morgan fingerprint density at radius 3 is 2.70 bits per heavy atom. The van der Waals surface area contributed by atoms with Crippen LogP contribution < -0.4 is 11.1 Å². The number of carbonyl (C=O) groups is 2. The van der Waals surface area contributed by atoms with Crippen molar-refractivity contribution >= 4 is 17.6 Å². The molecule has 2 aliphatic rings. The van der Waals surface area contributed by atoms with E-state index in [0.29, 0.717) is 17.5 Å². The third-order valence-corrected chi connectivity index (χ3v) is 4.54. The molecule has 6 heteroatoms. The summed E-state index contributed by atoms with van der Waals surface area (Å²) in [6.45, 7) is 0. The first-order valence-electron chi connectivity index (χ1n) is 6.81. The number of aromatic carboxylic acids is 1. The van der Waals surface area contributed by atoms with Crippen LogP contribution in [0.25, 0.3) is 0 Å². The summed E-state index contributed by atoms with van der Waals surface area (Å²) in [5.41, 5.74) is 6.59. The Kier molecular flexibility index (Phi) is 3.17. The molecule has 2 bridgehead atoms. The second-order valence-electron chi connectivity index (χ2n) is 5.69. The zero-order chi connectivity index (χ0) is 14.3. The number of carboxylic acid groups (broad SMARTS) is 1. The molecule has 2 saturated carbocycles. The monoisotopic (exact) mass is 275 g/mol. The zero-order valence-corrected chi connectivity index (χ0v) is 11.0. The minimum Gasteiger partial charge on any atom is -0.478 e. The van der Waals surface area contributed by atoms with Crippen LogP contribution in [0.4, 0.5) is 5.69 Å². The number of anilines is 1. The highest BCUT2D eigenvalue weighted by atomic mass is 16.4. The van der Waals surface area contributed by atoms with Crippen LogP contribution in [-0.2, 0) is 4.79 Å². The minimum absolute atomic E-state index is 0.0556. The Morgan fingerprint density at radius 2 is 2.05 bits per heavy atom. The summed E-state index contributed by atoms with van der Waals surface area (Å²) in [4.78, 5) is 27.0. The van der Waals surface area contributed by atoms with Crippen LogP contribution in [0.3, 0.4) is 0 Å². The number of nitrogens with zero attached hydrogens (tertiary/aromatic N) is 1. The highest BCUT2D eigenvalue weighted by molar-refractivity contribution is 5.95. The molecule has 4 N–H and O–H groups in total. The average Bonchev–Trinajstić information content (AvgIpc) is 2.99. The van der Waals surface area contributed by atoms with E-state index < -0.39 is 5.97 Å². The highest BCUT2D eigenvalue weighted by Gasteiger charge is 2.49. The summed E-state index contributed by atoms with van der Waals surface area (Å²) >= 11 is 0. The lowest BCUT2D eigenvalue weighted by molar-refractivity contribution is -0.121. The maximum Gasteiger partial charge on any atom is 0.337 e. The van der Waals surface area contributed by atoms with Gasteiger partial charge in [-0.05, 0) is 37.2 Å². The molecule has 1 heterocycles. The highest BCUT2D eigenvalue weighted by Crippen LogP contribution is 2.47. The fourth-order valence-corrected chi connectivity index (χ4v) is 3.58. The van der Waals surface area contributed by atoms with Crippen LogP contribution >= 0.6 is 0 Å². The molecule has 1 aromatic rings. The molecule has 4 unspecified atom stereocenters. The Morgan fingerprint density at radius 1 is 1.30 bits per heavy atom. The van der Waals surface area contributed by atoms with E-state index in [-0.39, 0.29) is 23.4 Å². The molecule has 1 amide bonds. The normalized spacial score (nSPS) is 31.2. The number of nitrogens with one attached hydrogen (secondary N) is 1. The minimum atomic E-state index is -1.06. The Hall–Kier alpha value is -1.95. The van der Waals surface area contributed by atoms with E-state index in [4.69, 9.17) is 10.8 Å². The van der Waals surface area contributed by atoms with E-state index in [1.807, 2.05) is 0 Å². The van der Waals surface area contributed by atoms with Crippen molar-refractivity contribution in [3.63, 3.8) is 0 Å². The van der Waals surface area contributed by atoms with E-state index >= 15 is 0 Å². The number of carboxylic acids is 1. The summed E-state index contributed by atoms with van der Waals surface area (Å²) in [5.74, 6) is -0.522. The van der Waals surface area contributed by atoms with Gasteiger partial charge in [0.2, 0.25) is 5.91 Å². The van der Waals surface area contributed by atoms with Gasteiger partial charge in [0.1, 0.15) is 0 Å². The molecule has 6 nitrogen and oxygen atoms in total. The number of hydrogen-bond acceptors (Lipinski definition) is 4. The number of fused-ring (bicyclic) bond motifs is 2. The molecular formula is C14H17N3O3. The van der Waals surface area contributed by atoms with Crippen LogP contribution in [0.2, 0.25) is 0 Å². The van der Waals surface area contributed by atoms with E-state index in [9.17, 15) is 9.59 Å². The number of carbonyl (C=O) groups excluding carboxylic acids is 1. The predicted molar refractivity (Wildman–Crippen MR) is 72.1 cm³/mol. The molecule has 2 fully saturated rings. The Bertz CT molecular complexity index is 558. The number of nitrogens with two attached hydrogens (primary N) is 1. The fraction of sp³-hybridized carbons (Fsp3) is 0.500. The molecule has 0 aromatic carbocycles. The first-order chi connectivity index (χ1) is 9.56. The van der Waals surface area contributed by atoms with Crippen LogP contribution in [-0.4, -0.2) is 28.0 Å². The van der Waals surface area contributed by atoms with Gasteiger partial charge in [-0.1, -0.05) is 0 Å². The Labute approximate surface area is 116 Å². The molecule has 20 heavy (non-hydrogen) atoms. The molecule has 0 aliphatic heterocycles. The first kappa shape index (κ1) is 13.1. The lowest BCUT2D eigenvalue weighted by Crippen LogP contribution is -2.42. The van der Waals surface area contributed by atoms with E-state index in [0.717, 1.165) is 19.3 Å². The zero-order valence-electron chi connectivity index (χ0n) is 11.0. The van der Waals surface area contributed by atoms with Crippen LogP contribution in [0, 0.1) is 17.8 Å². The van der Waals surface area contributed by atoms with Gasteiger partial charge in [0.25, 0.3) is 0 Å². The second kappa shape index (κ2) is 4.86. The SMILES string of the molecule is NC1C2CCC(C2)C1C(=O)Nc1cncc(C(=O)O)c1. The van der Waals surface area contributed by atoms with E-state index in [1.165, 1.54) is 18.5 Å². The van der Waals surface area contributed by atoms with Crippen LogP contribution in [0.5, 0.6) is 0 Å². The largest absolute Gasteiger partial charge is 0.478 e. The Balaban J connectivity index is 1.73. The molecule has 0 radical (unpaired) electrons. The van der Waals surface area contributed by atoms with Gasteiger partial charge in [0, 0.05) is 12.2 Å². The predicted octanol–water partition coefficient (Wildman–Crippen LogP) is 1.09. The van der Waals surface area contributed by atoms with E-state index in [2.05, 4.69) is 10.3 Å². The molecule has 0 saturated heterocycles. The maximum absolute atomic E-state index is 12.3. The van der Waals surface area contributed by atoms with Gasteiger partial charge >= 0.3 is 5.97 Å². The van der Waals surface area contributed by atoms with Crippen LogP contribution in [0.1, 0.15) is 29.6 Å². The van der Waals surface area contributed by atoms with Crippen molar-refractivity contribution in [3.8, 4) is 0 Å². The summed E-state index contributed by atoms with van der Waals surface area (Å²) in [6, 6.07) is 1.33. The molecular weight excluding hydrogens is 258 g/mol. The third kappa shape index (κ3) is 2.16. The quantitative estimate of drug-likeness (QED) is 0.765.